The van der Waals surface area contributed by atoms with Crippen LogP contribution < -0.4 is 16.6 Å². The summed E-state index contributed by atoms with van der Waals surface area (Å²) in [5.41, 5.74) is 5.18. The quantitative estimate of drug-likeness (QED) is 0.325. The first-order valence-corrected chi connectivity index (χ1v) is 4.46. The van der Waals surface area contributed by atoms with Crippen molar-refractivity contribution in [3.63, 3.8) is 0 Å². The van der Waals surface area contributed by atoms with Crippen LogP contribution in [-0.2, 0) is 9.59 Å². The molecule has 1 aromatic carbocycles. The number of benzene rings is 1. The molecule has 2 amide bonds. The van der Waals surface area contributed by atoms with Crippen LogP contribution >= 0.6 is 15.9 Å². The van der Waals surface area contributed by atoms with E-state index in [4.69, 9.17) is 11.6 Å². The molecule has 0 bridgehead atoms. The molecular weight excluding hydrogens is 250 g/mol. The third kappa shape index (κ3) is 2.30. The molecule has 0 radical (unpaired) electrons. The van der Waals surface area contributed by atoms with Crippen LogP contribution in [0, 0.1) is 0 Å². The summed E-state index contributed by atoms with van der Waals surface area (Å²) in [4.78, 5) is 21.6. The highest BCUT2D eigenvalue weighted by Crippen LogP contribution is 2.16. The van der Waals surface area contributed by atoms with Crippen molar-refractivity contribution < 1.29 is 9.59 Å². The second-order valence-electron chi connectivity index (χ2n) is 2.52. The van der Waals surface area contributed by atoms with Gasteiger partial charge in [-0.1, -0.05) is 15.9 Å². The van der Waals surface area contributed by atoms with Gasteiger partial charge in [0.2, 0.25) is 0 Å². The lowest BCUT2D eigenvalue weighted by Gasteiger charge is -2.14. The molecule has 0 saturated carbocycles. The Kier molecular flexibility index (Phi) is 3.21. The first-order chi connectivity index (χ1) is 6.52. The van der Waals surface area contributed by atoms with Crippen molar-refractivity contribution in [1.82, 2.24) is 0 Å². The molecule has 0 aromatic heterocycles. The highest BCUT2D eigenvalue weighted by Gasteiger charge is 2.16. The lowest BCUT2D eigenvalue weighted by molar-refractivity contribution is -0.135. The summed E-state index contributed by atoms with van der Waals surface area (Å²) in [6.45, 7) is 0. The number of amides is 2. The number of carbonyl (C=O) groups is 2. The number of primary amides is 1. The molecule has 14 heavy (non-hydrogen) atoms. The molecule has 0 aliphatic heterocycles. The molecule has 0 heterocycles. The number of hydrazine groups is 1. The zero-order chi connectivity index (χ0) is 10.7. The van der Waals surface area contributed by atoms with Gasteiger partial charge in [-0.15, -0.1) is 0 Å². The van der Waals surface area contributed by atoms with Gasteiger partial charge in [0.25, 0.3) is 0 Å². The Morgan fingerprint density at radius 2 is 1.71 bits per heavy atom. The van der Waals surface area contributed by atoms with E-state index in [-0.39, 0.29) is 0 Å². The number of carbonyl (C=O) groups excluding carboxylic acids is 2. The highest BCUT2D eigenvalue weighted by atomic mass is 79.9. The van der Waals surface area contributed by atoms with Crippen molar-refractivity contribution in [3.05, 3.63) is 28.7 Å². The van der Waals surface area contributed by atoms with Gasteiger partial charge in [-0.2, -0.15) is 0 Å². The number of nitrogens with zero attached hydrogens (tertiary/aromatic N) is 1. The standard InChI is InChI=1S/C8H8BrN3O2/c9-5-1-3-6(4-2-5)12(11)8(14)7(10)13/h1-4H,11H2,(H2,10,13). The van der Waals surface area contributed by atoms with Crippen LogP contribution in [0.1, 0.15) is 0 Å². The highest BCUT2D eigenvalue weighted by molar-refractivity contribution is 9.10. The third-order valence-electron chi connectivity index (χ3n) is 1.53. The molecule has 0 saturated heterocycles. The first kappa shape index (κ1) is 10.7. The topological polar surface area (TPSA) is 89.4 Å². The van der Waals surface area contributed by atoms with Crippen LogP contribution in [0.5, 0.6) is 0 Å². The Morgan fingerprint density at radius 3 is 2.14 bits per heavy atom. The number of hydrogen-bond donors (Lipinski definition) is 2. The van der Waals surface area contributed by atoms with Gasteiger partial charge < -0.3 is 5.73 Å². The van der Waals surface area contributed by atoms with Crippen molar-refractivity contribution in [2.75, 3.05) is 5.01 Å². The maximum absolute atomic E-state index is 11.0. The van der Waals surface area contributed by atoms with Gasteiger partial charge in [0.15, 0.2) is 0 Å². The molecule has 0 aliphatic rings. The number of halogens is 1. The predicted octanol–water partition coefficient (Wildman–Crippen LogP) is 0.141. The molecular formula is C8H8BrN3O2. The molecule has 0 aliphatic carbocycles. The second-order valence-corrected chi connectivity index (χ2v) is 3.43. The van der Waals surface area contributed by atoms with Crippen LogP contribution in [0.3, 0.4) is 0 Å². The van der Waals surface area contributed by atoms with Crippen molar-refractivity contribution in [3.8, 4) is 0 Å². The molecule has 6 heteroatoms. The molecule has 0 atom stereocenters. The van der Waals surface area contributed by atoms with Crippen molar-refractivity contribution in [1.29, 1.82) is 0 Å². The van der Waals surface area contributed by atoms with Gasteiger partial charge in [0.1, 0.15) is 0 Å². The third-order valence-corrected chi connectivity index (χ3v) is 2.06. The zero-order valence-electron chi connectivity index (χ0n) is 7.11. The summed E-state index contributed by atoms with van der Waals surface area (Å²) in [6.07, 6.45) is 0. The second kappa shape index (κ2) is 4.21. The van der Waals surface area contributed by atoms with Crippen LogP contribution in [0.15, 0.2) is 28.7 Å². The Morgan fingerprint density at radius 1 is 1.21 bits per heavy atom. The average molecular weight is 258 g/mol. The Bertz CT molecular complexity index is 363. The SMILES string of the molecule is NC(=O)C(=O)N(N)c1ccc(Br)cc1. The number of hydrogen-bond acceptors (Lipinski definition) is 3. The van der Waals surface area contributed by atoms with E-state index in [0.29, 0.717) is 10.7 Å². The first-order valence-electron chi connectivity index (χ1n) is 3.66. The molecule has 0 unspecified atom stereocenters. The van der Waals surface area contributed by atoms with Gasteiger partial charge >= 0.3 is 11.8 Å². The van der Waals surface area contributed by atoms with Gasteiger partial charge in [0.05, 0.1) is 5.69 Å². The summed E-state index contributed by atoms with van der Waals surface area (Å²) in [5, 5.41) is 0.703. The van der Waals surface area contributed by atoms with Crippen LogP contribution in [0.2, 0.25) is 0 Å². The molecule has 1 rings (SSSR count). The number of nitrogens with two attached hydrogens (primary N) is 2. The fourth-order valence-electron chi connectivity index (χ4n) is 0.838. The van der Waals surface area contributed by atoms with Crippen molar-refractivity contribution in [2.24, 2.45) is 11.6 Å². The summed E-state index contributed by atoms with van der Waals surface area (Å²) < 4.78 is 0.848. The Balaban J connectivity index is 2.89. The van der Waals surface area contributed by atoms with E-state index in [2.05, 4.69) is 15.9 Å². The van der Waals surface area contributed by atoms with Crippen LogP contribution in [0.4, 0.5) is 5.69 Å². The molecule has 0 fully saturated rings. The summed E-state index contributed by atoms with van der Waals surface area (Å²) in [6, 6.07) is 6.57. The van der Waals surface area contributed by atoms with E-state index in [0.717, 1.165) is 4.47 Å². The zero-order valence-corrected chi connectivity index (χ0v) is 8.69. The maximum atomic E-state index is 11.0. The van der Waals surface area contributed by atoms with Gasteiger partial charge in [-0.05, 0) is 24.3 Å². The largest absolute Gasteiger partial charge is 0.361 e. The Labute approximate surface area is 88.8 Å². The lowest BCUT2D eigenvalue weighted by Crippen LogP contribution is -2.45. The smallest absolute Gasteiger partial charge is 0.330 e. The summed E-state index contributed by atoms with van der Waals surface area (Å²) >= 11 is 3.22. The van der Waals surface area contributed by atoms with Crippen molar-refractivity contribution in [2.45, 2.75) is 0 Å². The van der Waals surface area contributed by atoms with E-state index < -0.39 is 11.8 Å². The number of anilines is 1. The minimum atomic E-state index is -1.09. The summed E-state index contributed by atoms with van der Waals surface area (Å²) in [5.74, 6) is 3.32. The van der Waals surface area contributed by atoms with Gasteiger partial charge in [-0.3, -0.25) is 9.59 Å². The minimum Gasteiger partial charge on any atom is -0.361 e. The fourth-order valence-corrected chi connectivity index (χ4v) is 1.10. The van der Waals surface area contributed by atoms with Gasteiger partial charge in [-0.25, -0.2) is 10.9 Å². The predicted molar refractivity (Wildman–Crippen MR) is 55.0 cm³/mol. The van der Waals surface area contributed by atoms with E-state index in [1.54, 1.807) is 24.3 Å². The maximum Gasteiger partial charge on any atom is 0.330 e. The fraction of sp³-hybridized carbons (Fsp3) is 0. The van der Waals surface area contributed by atoms with E-state index >= 15 is 0 Å². The van der Waals surface area contributed by atoms with E-state index in [9.17, 15) is 9.59 Å². The number of rotatable bonds is 1. The monoisotopic (exact) mass is 257 g/mol. The molecule has 0 spiro atoms. The minimum absolute atomic E-state index is 0.400. The van der Waals surface area contributed by atoms with Crippen LogP contribution in [-0.4, -0.2) is 11.8 Å². The molecule has 4 N–H and O–H groups in total. The van der Waals surface area contributed by atoms with Gasteiger partial charge in [0, 0.05) is 4.47 Å². The summed E-state index contributed by atoms with van der Waals surface area (Å²) in [7, 11) is 0. The lowest BCUT2D eigenvalue weighted by atomic mass is 10.3. The molecule has 5 nitrogen and oxygen atoms in total. The molecule has 74 valence electrons. The van der Waals surface area contributed by atoms with Crippen LogP contribution in [0.25, 0.3) is 0 Å². The normalized spacial score (nSPS) is 9.57. The average Bonchev–Trinajstić information content (AvgIpc) is 2.16. The van der Waals surface area contributed by atoms with E-state index in [1.165, 1.54) is 0 Å². The van der Waals surface area contributed by atoms with E-state index in [1.807, 2.05) is 0 Å². The van der Waals surface area contributed by atoms with Crippen molar-refractivity contribution >= 4 is 33.4 Å². The Hall–Kier alpha value is -1.40. The molecule has 1 aromatic rings.